The first kappa shape index (κ1) is 12.9. The molecule has 0 bridgehead atoms. The fourth-order valence-corrected chi connectivity index (χ4v) is 1.63. The van der Waals surface area contributed by atoms with E-state index >= 15 is 0 Å². The molecule has 0 aliphatic heterocycles. The van der Waals surface area contributed by atoms with Gasteiger partial charge in [-0.05, 0) is 18.2 Å². The van der Waals surface area contributed by atoms with E-state index < -0.39 is 16.9 Å². The zero-order chi connectivity index (χ0) is 11.6. The van der Waals surface area contributed by atoms with Crippen molar-refractivity contribution >= 4 is 39.1 Å². The largest absolute Gasteiger partial charge is 0.573 e. The molecular formula is C8H4BrCl2F3O. The lowest BCUT2D eigenvalue weighted by atomic mass is 10.2. The Morgan fingerprint density at radius 3 is 2.33 bits per heavy atom. The standard InChI is InChI=1S/C8H4BrCl2F3O/c9-4-1-2-6(15-8(12,13)14)5(3-4)7(10)11/h1-3,7H. The van der Waals surface area contributed by atoms with Gasteiger partial charge in [-0.25, -0.2) is 0 Å². The molecule has 84 valence electrons. The van der Waals surface area contributed by atoms with E-state index in [1.54, 1.807) is 0 Å². The fraction of sp³-hybridized carbons (Fsp3) is 0.250. The summed E-state index contributed by atoms with van der Waals surface area (Å²) in [6.45, 7) is 0. The first-order chi connectivity index (χ1) is 6.79. The summed E-state index contributed by atoms with van der Waals surface area (Å²) in [5.74, 6) is -0.402. The maximum Gasteiger partial charge on any atom is 0.573 e. The second-order valence-electron chi connectivity index (χ2n) is 2.53. The molecule has 0 unspecified atom stereocenters. The van der Waals surface area contributed by atoms with Gasteiger partial charge in [-0.3, -0.25) is 0 Å². The minimum atomic E-state index is -4.76. The highest BCUT2D eigenvalue weighted by Crippen LogP contribution is 2.37. The minimum absolute atomic E-state index is 0.0602. The zero-order valence-electron chi connectivity index (χ0n) is 6.99. The fourth-order valence-electron chi connectivity index (χ4n) is 0.907. The van der Waals surface area contributed by atoms with Crippen LogP contribution in [-0.4, -0.2) is 6.36 Å². The summed E-state index contributed by atoms with van der Waals surface area (Å²) < 4.78 is 40.2. The number of hydrogen-bond acceptors (Lipinski definition) is 1. The molecule has 1 nitrogen and oxygen atoms in total. The maximum atomic E-state index is 12.0. The van der Waals surface area contributed by atoms with Gasteiger partial charge in [-0.1, -0.05) is 39.1 Å². The quantitative estimate of drug-likeness (QED) is 0.709. The number of benzene rings is 1. The van der Waals surface area contributed by atoms with Gasteiger partial charge in [0.25, 0.3) is 0 Å². The van der Waals surface area contributed by atoms with Crippen LogP contribution in [0.2, 0.25) is 0 Å². The lowest BCUT2D eigenvalue weighted by Gasteiger charge is -2.13. The van der Waals surface area contributed by atoms with Crippen molar-refractivity contribution < 1.29 is 17.9 Å². The van der Waals surface area contributed by atoms with E-state index in [2.05, 4.69) is 20.7 Å². The molecular weight excluding hydrogens is 320 g/mol. The highest BCUT2D eigenvalue weighted by Gasteiger charge is 2.32. The molecule has 1 rings (SSSR count). The summed E-state index contributed by atoms with van der Waals surface area (Å²) in [6, 6.07) is 3.91. The van der Waals surface area contributed by atoms with Crippen LogP contribution in [0, 0.1) is 0 Å². The van der Waals surface area contributed by atoms with Crippen LogP contribution in [-0.2, 0) is 0 Å². The predicted molar refractivity (Wildman–Crippen MR) is 55.3 cm³/mol. The Bertz CT molecular complexity index is 354. The number of rotatable bonds is 2. The Morgan fingerprint density at radius 1 is 1.27 bits per heavy atom. The second kappa shape index (κ2) is 4.80. The Kier molecular flexibility index (Phi) is 4.14. The van der Waals surface area contributed by atoms with Gasteiger partial charge in [0.2, 0.25) is 0 Å². The number of ether oxygens (including phenoxy) is 1. The van der Waals surface area contributed by atoms with Crippen LogP contribution in [0.25, 0.3) is 0 Å². The molecule has 0 fully saturated rings. The van der Waals surface area contributed by atoms with Crippen molar-refractivity contribution in [2.75, 3.05) is 0 Å². The van der Waals surface area contributed by atoms with E-state index in [0.717, 1.165) is 6.07 Å². The van der Waals surface area contributed by atoms with E-state index in [4.69, 9.17) is 23.2 Å². The normalized spacial score (nSPS) is 11.9. The lowest BCUT2D eigenvalue weighted by Crippen LogP contribution is -2.18. The second-order valence-corrected chi connectivity index (χ2v) is 4.54. The molecule has 1 aromatic rings. The molecule has 0 radical (unpaired) electrons. The number of alkyl halides is 5. The molecule has 15 heavy (non-hydrogen) atoms. The van der Waals surface area contributed by atoms with Crippen molar-refractivity contribution in [3.63, 3.8) is 0 Å². The molecule has 7 heteroatoms. The van der Waals surface area contributed by atoms with Gasteiger partial charge in [0, 0.05) is 10.0 Å². The molecule has 0 aromatic heterocycles. The summed E-state index contributed by atoms with van der Waals surface area (Å²) in [7, 11) is 0. The first-order valence-electron chi connectivity index (χ1n) is 3.63. The lowest BCUT2D eigenvalue weighted by molar-refractivity contribution is -0.274. The van der Waals surface area contributed by atoms with E-state index in [-0.39, 0.29) is 5.56 Å². The summed E-state index contributed by atoms with van der Waals surface area (Å²) in [4.78, 5) is -1.08. The van der Waals surface area contributed by atoms with Crippen molar-refractivity contribution in [1.82, 2.24) is 0 Å². The molecule has 0 N–H and O–H groups in total. The average molecular weight is 324 g/mol. The first-order valence-corrected chi connectivity index (χ1v) is 5.29. The van der Waals surface area contributed by atoms with E-state index in [9.17, 15) is 13.2 Å². The summed E-state index contributed by atoms with van der Waals surface area (Å²) in [5, 5.41) is 0. The highest BCUT2D eigenvalue weighted by atomic mass is 79.9. The van der Waals surface area contributed by atoms with Crippen LogP contribution in [0.3, 0.4) is 0 Å². The molecule has 0 aliphatic carbocycles. The minimum Gasteiger partial charge on any atom is -0.405 e. The Morgan fingerprint density at radius 2 is 1.87 bits per heavy atom. The van der Waals surface area contributed by atoms with Gasteiger partial charge < -0.3 is 4.74 Å². The predicted octanol–water partition coefficient (Wildman–Crippen LogP) is 4.82. The molecule has 1 aromatic carbocycles. The van der Waals surface area contributed by atoms with Gasteiger partial charge in [-0.15, -0.1) is 13.2 Å². The van der Waals surface area contributed by atoms with Gasteiger partial charge in [0.15, 0.2) is 0 Å². The maximum absolute atomic E-state index is 12.0. The SMILES string of the molecule is FC(F)(F)Oc1ccc(Br)cc1C(Cl)Cl. The molecule has 0 aliphatic rings. The van der Waals surface area contributed by atoms with Crippen molar-refractivity contribution in [2.24, 2.45) is 0 Å². The van der Waals surface area contributed by atoms with Crippen molar-refractivity contribution in [2.45, 2.75) is 11.2 Å². The average Bonchev–Trinajstić information content (AvgIpc) is 2.05. The molecule has 0 atom stereocenters. The monoisotopic (exact) mass is 322 g/mol. The molecule has 0 amide bonds. The van der Waals surface area contributed by atoms with Crippen LogP contribution in [0.1, 0.15) is 10.4 Å². The molecule has 0 saturated carbocycles. The molecule has 0 heterocycles. The topological polar surface area (TPSA) is 9.23 Å². The van der Waals surface area contributed by atoms with E-state index in [0.29, 0.717) is 4.47 Å². The van der Waals surface area contributed by atoms with Crippen LogP contribution in [0.15, 0.2) is 22.7 Å². The van der Waals surface area contributed by atoms with E-state index in [1.807, 2.05) is 0 Å². The highest BCUT2D eigenvalue weighted by molar-refractivity contribution is 9.10. The zero-order valence-corrected chi connectivity index (χ0v) is 10.1. The number of halogens is 6. The number of hydrogen-bond donors (Lipinski definition) is 0. The van der Waals surface area contributed by atoms with Crippen molar-refractivity contribution in [3.8, 4) is 5.75 Å². The Hall–Kier alpha value is -0.130. The Balaban J connectivity index is 3.06. The van der Waals surface area contributed by atoms with Crippen molar-refractivity contribution in [3.05, 3.63) is 28.2 Å². The van der Waals surface area contributed by atoms with Crippen LogP contribution in [0.5, 0.6) is 5.75 Å². The van der Waals surface area contributed by atoms with Crippen LogP contribution < -0.4 is 4.74 Å². The molecule has 0 spiro atoms. The van der Waals surface area contributed by atoms with Gasteiger partial charge in [-0.2, -0.15) is 0 Å². The van der Waals surface area contributed by atoms with Crippen LogP contribution >= 0.6 is 39.1 Å². The third-order valence-corrected chi connectivity index (χ3v) is 2.40. The molecule has 0 saturated heterocycles. The summed E-state index contributed by atoms with van der Waals surface area (Å²) in [5.41, 5.74) is 0.0602. The third kappa shape index (κ3) is 4.09. The summed E-state index contributed by atoms with van der Waals surface area (Å²) >= 11 is 14.1. The third-order valence-electron chi connectivity index (χ3n) is 1.43. The van der Waals surface area contributed by atoms with E-state index in [1.165, 1.54) is 12.1 Å². The smallest absolute Gasteiger partial charge is 0.405 e. The summed E-state index contributed by atoms with van der Waals surface area (Å²) in [6.07, 6.45) is -4.76. The van der Waals surface area contributed by atoms with Crippen LogP contribution in [0.4, 0.5) is 13.2 Å². The van der Waals surface area contributed by atoms with Gasteiger partial charge >= 0.3 is 6.36 Å². The van der Waals surface area contributed by atoms with Gasteiger partial charge in [0.1, 0.15) is 10.6 Å². The van der Waals surface area contributed by atoms with Crippen molar-refractivity contribution in [1.29, 1.82) is 0 Å². The van der Waals surface area contributed by atoms with Gasteiger partial charge in [0.05, 0.1) is 0 Å². The Labute approximate surface area is 102 Å².